The Labute approximate surface area is 139 Å². The Morgan fingerprint density at radius 2 is 1.53 bits per heavy atom. The molecule has 0 saturated carbocycles. The normalized spacial score (nSPS) is 9.94. The van der Waals surface area contributed by atoms with E-state index in [1.807, 2.05) is 18.2 Å². The van der Waals surface area contributed by atoms with E-state index in [4.69, 9.17) is 0 Å². The van der Waals surface area contributed by atoms with Crippen molar-refractivity contribution in [1.82, 2.24) is 0 Å². The summed E-state index contributed by atoms with van der Waals surface area (Å²) in [5.74, 6) is 0.452. The van der Waals surface area contributed by atoms with Crippen LogP contribution in [0.4, 0.5) is 0 Å². The molecule has 0 saturated heterocycles. The predicted octanol–water partition coefficient (Wildman–Crippen LogP) is 4.53. The van der Waals surface area contributed by atoms with Gasteiger partial charge in [-0.1, -0.05) is 63.6 Å². The molecule has 2 heteroatoms. The largest absolute Gasteiger partial charge is 2.00 e. The average Bonchev–Trinajstić information content (AvgIpc) is 2.30. The first kappa shape index (κ1) is 17.3. The van der Waals surface area contributed by atoms with Crippen molar-refractivity contribution in [3.63, 3.8) is 0 Å². The number of hydrogen-bond acceptors (Lipinski definition) is 1. The van der Waals surface area contributed by atoms with Crippen molar-refractivity contribution in [3.05, 3.63) is 29.8 Å². The molecule has 0 radical (unpaired) electrons. The number of hydrogen-bond donors (Lipinski definition) is 1. The van der Waals surface area contributed by atoms with Crippen molar-refractivity contribution >= 4 is 37.7 Å². The Morgan fingerprint density at radius 3 is 2.18 bits per heavy atom. The summed E-state index contributed by atoms with van der Waals surface area (Å²) in [6, 6.07) is 7.67. The standard InChI is InChI=1S/C15H24O.Ca.2H/c1-2-3-4-5-6-7-8-11-14-12-9-10-13-15(14)16;;;/h9-10,12-13,16H,2-8,11H2,1H3;;;/q;+2;2*-1. The summed E-state index contributed by atoms with van der Waals surface area (Å²) in [4.78, 5) is 0. The van der Waals surface area contributed by atoms with E-state index in [0.29, 0.717) is 5.75 Å². The summed E-state index contributed by atoms with van der Waals surface area (Å²) < 4.78 is 0. The Morgan fingerprint density at radius 1 is 0.941 bits per heavy atom. The van der Waals surface area contributed by atoms with Crippen LogP contribution in [0.3, 0.4) is 0 Å². The second-order valence-electron chi connectivity index (χ2n) is 4.50. The molecule has 0 aromatic heterocycles. The molecule has 1 nitrogen and oxygen atoms in total. The van der Waals surface area contributed by atoms with Crippen LogP contribution in [-0.2, 0) is 6.42 Å². The van der Waals surface area contributed by atoms with E-state index in [2.05, 4.69) is 6.92 Å². The Hall–Kier alpha value is 0.280. The summed E-state index contributed by atoms with van der Waals surface area (Å²) in [7, 11) is 0. The van der Waals surface area contributed by atoms with E-state index in [9.17, 15) is 5.11 Å². The van der Waals surface area contributed by atoms with Crippen LogP contribution in [0.2, 0.25) is 0 Å². The van der Waals surface area contributed by atoms with Crippen LogP contribution < -0.4 is 0 Å². The van der Waals surface area contributed by atoms with Gasteiger partial charge in [0.05, 0.1) is 0 Å². The number of phenols is 1. The maximum atomic E-state index is 9.58. The maximum absolute atomic E-state index is 9.58. The SMILES string of the molecule is CCCCCCCCCc1ccccc1O.[Ca+2].[H-].[H-]. The van der Waals surface area contributed by atoms with Gasteiger partial charge in [-0.25, -0.2) is 0 Å². The second-order valence-corrected chi connectivity index (χ2v) is 4.50. The van der Waals surface area contributed by atoms with Crippen molar-refractivity contribution in [1.29, 1.82) is 0 Å². The second kappa shape index (κ2) is 11.4. The van der Waals surface area contributed by atoms with Crippen LogP contribution in [0.5, 0.6) is 5.75 Å². The minimum Gasteiger partial charge on any atom is -1.00 e. The average molecular weight is 262 g/mol. The molecule has 0 fully saturated rings. The topological polar surface area (TPSA) is 20.2 Å². The fourth-order valence-corrected chi connectivity index (χ4v) is 1.99. The molecule has 0 aliphatic heterocycles. The van der Waals surface area contributed by atoms with E-state index in [1.54, 1.807) is 6.07 Å². The molecule has 0 unspecified atom stereocenters. The van der Waals surface area contributed by atoms with Gasteiger partial charge >= 0.3 is 37.7 Å². The molecule has 1 N–H and O–H groups in total. The van der Waals surface area contributed by atoms with Crippen LogP contribution >= 0.6 is 0 Å². The van der Waals surface area contributed by atoms with Gasteiger partial charge in [-0.2, -0.15) is 0 Å². The molecule has 1 rings (SSSR count). The van der Waals surface area contributed by atoms with Gasteiger partial charge in [0.1, 0.15) is 5.75 Å². The molecule has 94 valence electrons. The van der Waals surface area contributed by atoms with Gasteiger partial charge in [-0.05, 0) is 24.5 Å². The third-order valence-corrected chi connectivity index (χ3v) is 3.04. The zero-order valence-electron chi connectivity index (χ0n) is 13.1. The summed E-state index contributed by atoms with van der Waals surface area (Å²) >= 11 is 0. The zero-order valence-corrected chi connectivity index (χ0v) is 13.3. The van der Waals surface area contributed by atoms with Crippen LogP contribution in [-0.4, -0.2) is 42.8 Å². The first-order chi connectivity index (χ1) is 7.84. The minimum absolute atomic E-state index is 0. The monoisotopic (exact) mass is 262 g/mol. The predicted molar refractivity (Wildman–Crippen MR) is 77.8 cm³/mol. The smallest absolute Gasteiger partial charge is 1.00 e. The van der Waals surface area contributed by atoms with Crippen molar-refractivity contribution in [2.75, 3.05) is 0 Å². The fourth-order valence-electron chi connectivity index (χ4n) is 1.99. The van der Waals surface area contributed by atoms with Crippen molar-refractivity contribution in [2.24, 2.45) is 0 Å². The van der Waals surface area contributed by atoms with Crippen LogP contribution in [0, 0.1) is 0 Å². The van der Waals surface area contributed by atoms with Gasteiger partial charge in [-0.15, -0.1) is 0 Å². The van der Waals surface area contributed by atoms with Gasteiger partial charge in [-0.3, -0.25) is 0 Å². The van der Waals surface area contributed by atoms with Gasteiger partial charge < -0.3 is 7.96 Å². The van der Waals surface area contributed by atoms with Gasteiger partial charge in [0.2, 0.25) is 0 Å². The maximum Gasteiger partial charge on any atom is 2.00 e. The third kappa shape index (κ3) is 8.07. The molecule has 0 bridgehead atoms. The molecule has 0 heterocycles. The van der Waals surface area contributed by atoms with E-state index < -0.39 is 0 Å². The number of aryl methyl sites for hydroxylation is 1. The molecule has 1 aromatic rings. The molecule has 0 aliphatic carbocycles. The van der Waals surface area contributed by atoms with E-state index in [-0.39, 0.29) is 40.6 Å². The number of para-hydroxylation sites is 1. The summed E-state index contributed by atoms with van der Waals surface area (Å²) in [6.45, 7) is 2.25. The van der Waals surface area contributed by atoms with Crippen molar-refractivity contribution in [2.45, 2.75) is 58.3 Å². The molecule has 0 amide bonds. The molecular weight excluding hydrogens is 236 g/mol. The summed E-state index contributed by atoms with van der Waals surface area (Å²) in [6.07, 6.45) is 10.3. The zero-order chi connectivity index (χ0) is 11.6. The van der Waals surface area contributed by atoms with Crippen LogP contribution in [0.25, 0.3) is 0 Å². The molecule has 0 aliphatic rings. The van der Waals surface area contributed by atoms with Gasteiger partial charge in [0, 0.05) is 0 Å². The number of unbranched alkanes of at least 4 members (excludes halogenated alkanes) is 6. The third-order valence-electron chi connectivity index (χ3n) is 3.04. The number of rotatable bonds is 8. The molecule has 0 atom stereocenters. The molecule has 17 heavy (non-hydrogen) atoms. The number of benzene rings is 1. The van der Waals surface area contributed by atoms with Crippen LogP contribution in [0.15, 0.2) is 24.3 Å². The molecule has 1 aromatic carbocycles. The minimum atomic E-state index is 0. The van der Waals surface area contributed by atoms with Gasteiger partial charge in [0.15, 0.2) is 0 Å². The quantitative estimate of drug-likeness (QED) is 0.539. The van der Waals surface area contributed by atoms with E-state index >= 15 is 0 Å². The molecule has 0 spiro atoms. The number of aromatic hydroxyl groups is 1. The first-order valence-corrected chi connectivity index (χ1v) is 6.61. The van der Waals surface area contributed by atoms with Crippen molar-refractivity contribution < 1.29 is 7.96 Å². The van der Waals surface area contributed by atoms with Crippen LogP contribution in [0.1, 0.15) is 60.3 Å². The van der Waals surface area contributed by atoms with E-state index in [1.165, 1.54) is 44.9 Å². The first-order valence-electron chi connectivity index (χ1n) is 6.61. The summed E-state index contributed by atoms with van der Waals surface area (Å²) in [5, 5.41) is 9.58. The fraction of sp³-hybridized carbons (Fsp3) is 0.600. The Kier molecular flexibility index (Phi) is 11.6. The van der Waals surface area contributed by atoms with Crippen molar-refractivity contribution in [3.8, 4) is 5.75 Å². The Bertz CT molecular complexity index is 295. The number of phenolic OH excluding ortho intramolecular Hbond substituents is 1. The van der Waals surface area contributed by atoms with Gasteiger partial charge in [0.25, 0.3) is 0 Å². The molecular formula is C15H26CaO. The Balaban J connectivity index is -0.000000853. The summed E-state index contributed by atoms with van der Waals surface area (Å²) in [5.41, 5.74) is 1.09. The van der Waals surface area contributed by atoms with E-state index in [0.717, 1.165) is 12.0 Å².